The third kappa shape index (κ3) is 5.69. The molecule has 10 heteroatoms. The maximum Gasteiger partial charge on any atom is 0.416 e. The lowest BCUT2D eigenvalue weighted by Gasteiger charge is -2.49. The van der Waals surface area contributed by atoms with E-state index in [1.807, 2.05) is 11.8 Å². The van der Waals surface area contributed by atoms with E-state index in [9.17, 15) is 18.0 Å². The van der Waals surface area contributed by atoms with Crippen molar-refractivity contribution in [3.8, 4) is 0 Å². The van der Waals surface area contributed by atoms with Gasteiger partial charge in [0.2, 0.25) is 0 Å². The van der Waals surface area contributed by atoms with Crippen molar-refractivity contribution < 1.29 is 27.4 Å². The summed E-state index contributed by atoms with van der Waals surface area (Å²) in [6.07, 6.45) is 0.656. The summed E-state index contributed by atoms with van der Waals surface area (Å²) in [5, 5.41) is 0. The highest BCUT2D eigenvalue weighted by atomic mass is 19.4. The molecule has 39 heavy (non-hydrogen) atoms. The second kappa shape index (κ2) is 10.8. The summed E-state index contributed by atoms with van der Waals surface area (Å²) in [4.78, 5) is 27.7. The Morgan fingerprint density at radius 1 is 1.05 bits per heavy atom. The van der Waals surface area contributed by atoms with E-state index in [-0.39, 0.29) is 24.3 Å². The van der Waals surface area contributed by atoms with E-state index >= 15 is 0 Å². The number of fused-ring (bicyclic) bond motifs is 1. The SMILES string of the molecule is Cc1c(Cc2cccc(C(F)(F)F)c2)nc(C2CC2)nc1C(=O)N1CCC(N2CCO[C@@H]3COCC[C@@H]32)CC1. The first-order chi connectivity index (χ1) is 18.8. The minimum atomic E-state index is -4.41. The number of rotatable bonds is 5. The molecule has 1 saturated carbocycles. The molecule has 1 aliphatic carbocycles. The van der Waals surface area contributed by atoms with E-state index in [4.69, 9.17) is 19.4 Å². The molecule has 3 saturated heterocycles. The average Bonchev–Trinajstić information content (AvgIpc) is 3.79. The molecule has 1 aromatic carbocycles. The maximum absolute atomic E-state index is 13.8. The third-order valence-corrected chi connectivity index (χ3v) is 8.63. The Balaban J connectivity index is 1.18. The zero-order valence-electron chi connectivity index (χ0n) is 22.3. The highest BCUT2D eigenvalue weighted by Gasteiger charge is 2.40. The molecule has 4 heterocycles. The molecule has 0 radical (unpaired) electrons. The Morgan fingerprint density at radius 2 is 1.85 bits per heavy atom. The van der Waals surface area contributed by atoms with Gasteiger partial charge in [0.05, 0.1) is 30.6 Å². The quantitative estimate of drug-likeness (QED) is 0.557. The Hall–Kier alpha value is -2.56. The number of halogens is 3. The van der Waals surface area contributed by atoms with Crippen LogP contribution in [-0.4, -0.2) is 83.3 Å². The van der Waals surface area contributed by atoms with Gasteiger partial charge in [0, 0.05) is 56.2 Å². The van der Waals surface area contributed by atoms with E-state index in [0.29, 0.717) is 66.7 Å². The normalized spacial score (nSPS) is 25.0. The van der Waals surface area contributed by atoms with Crippen LogP contribution in [0.1, 0.15) is 76.7 Å². The highest BCUT2D eigenvalue weighted by Crippen LogP contribution is 2.39. The van der Waals surface area contributed by atoms with E-state index in [2.05, 4.69) is 4.90 Å². The van der Waals surface area contributed by atoms with Crippen LogP contribution in [0.2, 0.25) is 0 Å². The lowest BCUT2D eigenvalue weighted by molar-refractivity contribution is -0.148. The number of ether oxygens (including phenoxy) is 2. The first-order valence-corrected chi connectivity index (χ1v) is 14.1. The summed E-state index contributed by atoms with van der Waals surface area (Å²) in [5.74, 6) is 0.753. The van der Waals surface area contributed by atoms with Crippen LogP contribution in [0.15, 0.2) is 24.3 Å². The van der Waals surface area contributed by atoms with Crippen molar-refractivity contribution in [2.75, 3.05) is 39.5 Å². The van der Waals surface area contributed by atoms with Gasteiger partial charge in [-0.25, -0.2) is 9.97 Å². The standard InChI is InChI=1S/C29H35F3N4O3/c1-18-23(16-19-3-2-4-21(15-19)29(30,31)32)33-27(20-5-6-20)34-26(18)28(37)35-10-7-22(8-11-35)36-12-14-39-25-17-38-13-9-24(25)36/h2-4,15,20,22,24-25H,5-14,16-17H2,1H3/t24-,25+/m0/s1. The molecule has 0 bridgehead atoms. The van der Waals surface area contributed by atoms with Crippen LogP contribution in [0, 0.1) is 6.92 Å². The van der Waals surface area contributed by atoms with Crippen molar-refractivity contribution >= 4 is 5.91 Å². The second-order valence-electron chi connectivity index (χ2n) is 11.3. The van der Waals surface area contributed by atoms with Crippen molar-refractivity contribution in [2.45, 2.75) is 75.7 Å². The number of carbonyl (C=O) groups excluding carboxylic acids is 1. The zero-order valence-corrected chi connectivity index (χ0v) is 22.3. The summed E-state index contributed by atoms with van der Waals surface area (Å²) in [6, 6.07) is 6.12. The number of carbonyl (C=O) groups is 1. The number of likely N-dealkylation sites (tertiary alicyclic amines) is 1. The largest absolute Gasteiger partial charge is 0.416 e. The zero-order chi connectivity index (χ0) is 27.1. The van der Waals surface area contributed by atoms with Crippen LogP contribution in [0.25, 0.3) is 0 Å². The number of amides is 1. The van der Waals surface area contributed by atoms with E-state index in [1.165, 1.54) is 12.1 Å². The molecule has 3 aliphatic heterocycles. The van der Waals surface area contributed by atoms with E-state index in [1.54, 1.807) is 6.07 Å². The minimum absolute atomic E-state index is 0.105. The van der Waals surface area contributed by atoms with Crippen molar-refractivity contribution in [1.29, 1.82) is 0 Å². The van der Waals surface area contributed by atoms with Gasteiger partial charge in [0.1, 0.15) is 11.5 Å². The molecule has 0 spiro atoms. The summed E-state index contributed by atoms with van der Waals surface area (Å²) < 4.78 is 51.4. The number of nitrogens with zero attached hydrogens (tertiary/aromatic N) is 4. The number of benzene rings is 1. The Morgan fingerprint density at radius 3 is 2.59 bits per heavy atom. The summed E-state index contributed by atoms with van der Waals surface area (Å²) in [7, 11) is 0. The first kappa shape index (κ1) is 26.7. The van der Waals surface area contributed by atoms with Crippen LogP contribution >= 0.6 is 0 Å². The van der Waals surface area contributed by atoms with Gasteiger partial charge >= 0.3 is 6.18 Å². The fraction of sp³-hybridized carbons (Fsp3) is 0.621. The number of aromatic nitrogens is 2. The first-order valence-electron chi connectivity index (χ1n) is 14.1. The Bertz CT molecular complexity index is 1210. The highest BCUT2D eigenvalue weighted by molar-refractivity contribution is 5.94. The molecule has 210 valence electrons. The smallest absolute Gasteiger partial charge is 0.379 e. The van der Waals surface area contributed by atoms with Gasteiger partial charge in [0.25, 0.3) is 5.91 Å². The van der Waals surface area contributed by atoms with Gasteiger partial charge in [-0.15, -0.1) is 0 Å². The topological polar surface area (TPSA) is 67.8 Å². The molecule has 0 unspecified atom stereocenters. The van der Waals surface area contributed by atoms with E-state index in [0.717, 1.165) is 51.3 Å². The monoisotopic (exact) mass is 544 g/mol. The number of morpholine rings is 1. The lowest BCUT2D eigenvalue weighted by Crippen LogP contribution is -2.60. The van der Waals surface area contributed by atoms with Gasteiger partial charge < -0.3 is 14.4 Å². The van der Waals surface area contributed by atoms with Gasteiger partial charge in [-0.2, -0.15) is 13.2 Å². The molecule has 4 fully saturated rings. The third-order valence-electron chi connectivity index (χ3n) is 8.63. The lowest BCUT2D eigenvalue weighted by atomic mass is 9.95. The van der Waals surface area contributed by atoms with Crippen molar-refractivity contribution in [3.05, 3.63) is 58.2 Å². The Kier molecular flexibility index (Phi) is 7.37. The van der Waals surface area contributed by atoms with Crippen LogP contribution in [0.5, 0.6) is 0 Å². The minimum Gasteiger partial charge on any atom is -0.379 e. The molecule has 6 rings (SSSR count). The van der Waals surface area contributed by atoms with Gasteiger partial charge in [-0.05, 0) is 50.7 Å². The average molecular weight is 545 g/mol. The number of alkyl halides is 3. The van der Waals surface area contributed by atoms with Crippen molar-refractivity contribution in [3.63, 3.8) is 0 Å². The number of hydrogen-bond acceptors (Lipinski definition) is 6. The maximum atomic E-state index is 13.8. The van der Waals surface area contributed by atoms with E-state index < -0.39 is 11.7 Å². The van der Waals surface area contributed by atoms with Gasteiger partial charge in [-0.3, -0.25) is 9.69 Å². The molecule has 7 nitrogen and oxygen atoms in total. The van der Waals surface area contributed by atoms with Crippen LogP contribution in [0.3, 0.4) is 0 Å². The predicted molar refractivity (Wildman–Crippen MR) is 138 cm³/mol. The summed E-state index contributed by atoms with van der Waals surface area (Å²) in [5.41, 5.74) is 1.51. The van der Waals surface area contributed by atoms with Gasteiger partial charge in [-0.1, -0.05) is 18.2 Å². The van der Waals surface area contributed by atoms with Crippen LogP contribution < -0.4 is 0 Å². The van der Waals surface area contributed by atoms with Gasteiger partial charge in [0.15, 0.2) is 0 Å². The second-order valence-corrected chi connectivity index (χ2v) is 11.3. The molecular formula is C29H35F3N4O3. The fourth-order valence-electron chi connectivity index (χ4n) is 6.26. The molecule has 2 aromatic rings. The predicted octanol–water partition coefficient (Wildman–Crippen LogP) is 4.37. The molecule has 1 amide bonds. The molecule has 2 atom stereocenters. The fourth-order valence-corrected chi connectivity index (χ4v) is 6.26. The van der Waals surface area contributed by atoms with Crippen LogP contribution in [0.4, 0.5) is 13.2 Å². The molecule has 1 aromatic heterocycles. The Labute approximate surface area is 226 Å². The molecule has 0 N–H and O–H groups in total. The number of hydrogen-bond donors (Lipinski definition) is 0. The summed E-state index contributed by atoms with van der Waals surface area (Å²) in [6.45, 7) is 6.16. The van der Waals surface area contributed by atoms with Crippen molar-refractivity contribution in [1.82, 2.24) is 19.8 Å². The molecular weight excluding hydrogens is 509 g/mol. The van der Waals surface area contributed by atoms with Crippen molar-refractivity contribution in [2.24, 2.45) is 0 Å². The molecule has 4 aliphatic rings. The van der Waals surface area contributed by atoms with Crippen LogP contribution in [-0.2, 0) is 22.1 Å². The number of piperidine rings is 1. The summed E-state index contributed by atoms with van der Waals surface area (Å²) >= 11 is 0.